The highest BCUT2D eigenvalue weighted by atomic mass is 35.5. The summed E-state index contributed by atoms with van der Waals surface area (Å²) in [6, 6.07) is 6.91. The molecule has 12 heteroatoms. The standard InChI is InChI=1S/C32H36ClF3N6O2/c1-19(34)29(43)42-14-13-41(16-20(42)9-12-37)28-23-8-11-32(10-7-22-24(32)5-4-6-25(22)33)27(35)26(23)38-30(39-28)44-17-21-15-31(2,36)18-40(21)3/h4-6,20-21,27H,1,7-11,13-18H2,2-3H3/t20-,21-,27-,31+,32+/m0/s1. The van der Waals surface area contributed by atoms with Crippen LogP contribution in [0.1, 0.15) is 61.2 Å². The predicted molar refractivity (Wildman–Crippen MR) is 160 cm³/mol. The van der Waals surface area contributed by atoms with Gasteiger partial charge in [-0.2, -0.15) is 15.2 Å². The van der Waals surface area contributed by atoms with E-state index < -0.39 is 35.0 Å². The first kappa shape index (κ1) is 30.7. The number of hydrogen-bond donors (Lipinski definition) is 0. The Morgan fingerprint density at radius 2 is 1.98 bits per heavy atom. The number of likely N-dealkylation sites (tertiary alicyclic amines) is 1. The third kappa shape index (κ3) is 5.30. The van der Waals surface area contributed by atoms with E-state index >= 15 is 4.39 Å². The summed E-state index contributed by atoms with van der Waals surface area (Å²) in [7, 11) is 1.84. The van der Waals surface area contributed by atoms with E-state index in [1.54, 1.807) is 6.92 Å². The summed E-state index contributed by atoms with van der Waals surface area (Å²) in [5, 5.41) is 10.1. The molecule has 1 spiro atoms. The first-order valence-electron chi connectivity index (χ1n) is 15.1. The fourth-order valence-electron chi connectivity index (χ4n) is 7.73. The molecular weight excluding hydrogens is 593 g/mol. The molecule has 1 amide bonds. The predicted octanol–water partition coefficient (Wildman–Crippen LogP) is 5.20. The molecule has 2 aliphatic heterocycles. The zero-order valence-electron chi connectivity index (χ0n) is 25.0. The molecule has 6 rings (SSSR count). The van der Waals surface area contributed by atoms with E-state index in [2.05, 4.69) is 17.6 Å². The maximum Gasteiger partial charge on any atom is 0.318 e. The Labute approximate surface area is 260 Å². The molecule has 2 saturated heterocycles. The van der Waals surface area contributed by atoms with Crippen molar-refractivity contribution in [2.45, 2.75) is 74.8 Å². The SMILES string of the molecule is C=C(F)C(=O)N1CCN(c2nc(OC[C@@H]3C[C@@](C)(F)CN3C)nc3c2CC[C@@]2(CCc4c(Cl)cccc42)[C@H]3F)C[C@@H]1CC#N. The van der Waals surface area contributed by atoms with Crippen molar-refractivity contribution in [3.05, 3.63) is 58.0 Å². The van der Waals surface area contributed by atoms with Crippen LogP contribution in [-0.4, -0.2) is 83.3 Å². The summed E-state index contributed by atoms with van der Waals surface area (Å²) in [6.45, 7) is 5.74. The summed E-state index contributed by atoms with van der Waals surface area (Å²) in [6.07, 6.45) is 1.14. The largest absolute Gasteiger partial charge is 0.462 e. The van der Waals surface area contributed by atoms with Gasteiger partial charge in [0.05, 0.1) is 24.2 Å². The van der Waals surface area contributed by atoms with E-state index in [1.807, 2.05) is 35.0 Å². The van der Waals surface area contributed by atoms with Crippen molar-refractivity contribution < 1.29 is 22.7 Å². The Hall–Kier alpha value is -3.36. The highest BCUT2D eigenvalue weighted by molar-refractivity contribution is 6.31. The van der Waals surface area contributed by atoms with Gasteiger partial charge in [0, 0.05) is 54.6 Å². The Morgan fingerprint density at radius 1 is 1.23 bits per heavy atom. The minimum absolute atomic E-state index is 0.00361. The smallest absolute Gasteiger partial charge is 0.318 e. The average Bonchev–Trinajstić information content (AvgIpc) is 3.49. The van der Waals surface area contributed by atoms with Crippen LogP contribution in [0, 0.1) is 11.3 Å². The summed E-state index contributed by atoms with van der Waals surface area (Å²) in [4.78, 5) is 27.0. The quantitative estimate of drug-likeness (QED) is 0.407. The lowest BCUT2D eigenvalue weighted by Gasteiger charge is -2.43. The van der Waals surface area contributed by atoms with Crippen LogP contribution in [0.3, 0.4) is 0 Å². The van der Waals surface area contributed by atoms with Crippen molar-refractivity contribution in [2.24, 2.45) is 0 Å². The molecule has 1 aromatic heterocycles. The van der Waals surface area contributed by atoms with Crippen molar-refractivity contribution in [1.29, 1.82) is 5.26 Å². The van der Waals surface area contributed by atoms with Crippen LogP contribution in [0.15, 0.2) is 30.6 Å². The lowest BCUT2D eigenvalue weighted by Crippen LogP contribution is -2.55. The number of hydrogen-bond acceptors (Lipinski definition) is 7. The van der Waals surface area contributed by atoms with Crippen LogP contribution in [0.25, 0.3) is 0 Å². The van der Waals surface area contributed by atoms with E-state index in [-0.39, 0.29) is 57.0 Å². The third-order valence-electron chi connectivity index (χ3n) is 9.89. The van der Waals surface area contributed by atoms with Gasteiger partial charge < -0.3 is 14.5 Å². The van der Waals surface area contributed by atoms with Gasteiger partial charge in [-0.25, -0.2) is 13.2 Å². The molecule has 44 heavy (non-hydrogen) atoms. The first-order chi connectivity index (χ1) is 20.9. The van der Waals surface area contributed by atoms with Gasteiger partial charge in [0.1, 0.15) is 18.1 Å². The number of alkyl halides is 2. The topological polar surface area (TPSA) is 85.6 Å². The molecule has 0 N–H and O–H groups in total. The van der Waals surface area contributed by atoms with Crippen molar-refractivity contribution >= 4 is 23.3 Å². The van der Waals surface area contributed by atoms with Crippen molar-refractivity contribution in [3.63, 3.8) is 0 Å². The fraction of sp³-hybridized carbons (Fsp3) is 0.562. The van der Waals surface area contributed by atoms with Gasteiger partial charge in [0.15, 0.2) is 12.0 Å². The second-order valence-corrected chi connectivity index (χ2v) is 13.2. The molecule has 5 atom stereocenters. The number of ether oxygens (including phenoxy) is 1. The molecule has 2 aliphatic carbocycles. The number of aromatic nitrogens is 2. The number of carbonyl (C=O) groups is 1. The third-order valence-corrected chi connectivity index (χ3v) is 10.2. The van der Waals surface area contributed by atoms with E-state index in [1.165, 1.54) is 4.90 Å². The normalized spacial score (nSPS) is 29.8. The molecule has 0 bridgehead atoms. The zero-order valence-corrected chi connectivity index (χ0v) is 25.7. The van der Waals surface area contributed by atoms with Gasteiger partial charge in [-0.1, -0.05) is 30.3 Å². The Balaban J connectivity index is 1.37. The number of likely N-dealkylation sites (N-methyl/N-ethyl adjacent to an activating group) is 1. The molecular formula is C32H36ClF3N6O2. The Kier molecular flexibility index (Phi) is 8.03. The van der Waals surface area contributed by atoms with Crippen LogP contribution in [-0.2, 0) is 23.1 Å². The van der Waals surface area contributed by atoms with Crippen molar-refractivity contribution in [3.8, 4) is 12.1 Å². The number of rotatable bonds is 6. The number of nitrogens with zero attached hydrogens (tertiary/aromatic N) is 6. The molecule has 4 aliphatic rings. The summed E-state index contributed by atoms with van der Waals surface area (Å²) < 4.78 is 51.6. The van der Waals surface area contributed by atoms with Crippen molar-refractivity contribution in [2.75, 3.05) is 44.7 Å². The van der Waals surface area contributed by atoms with E-state index in [0.717, 1.165) is 11.1 Å². The highest BCUT2D eigenvalue weighted by Gasteiger charge is 2.51. The van der Waals surface area contributed by atoms with Crippen molar-refractivity contribution in [1.82, 2.24) is 19.8 Å². The maximum atomic E-state index is 17.0. The molecule has 234 valence electrons. The number of carbonyl (C=O) groups excluding carboxylic acids is 1. The van der Waals surface area contributed by atoms with Gasteiger partial charge in [0.2, 0.25) is 0 Å². The van der Waals surface area contributed by atoms with E-state index in [0.29, 0.717) is 48.5 Å². The van der Waals surface area contributed by atoms with Crippen LogP contribution in [0.4, 0.5) is 19.0 Å². The molecule has 1 aromatic carbocycles. The molecule has 0 radical (unpaired) electrons. The molecule has 2 fully saturated rings. The molecule has 8 nitrogen and oxygen atoms in total. The number of halogens is 4. The number of anilines is 1. The minimum atomic E-state index is -1.45. The van der Waals surface area contributed by atoms with Gasteiger partial charge >= 0.3 is 6.01 Å². The van der Waals surface area contributed by atoms with Gasteiger partial charge in [-0.05, 0) is 56.8 Å². The minimum Gasteiger partial charge on any atom is -0.462 e. The highest BCUT2D eigenvalue weighted by Crippen LogP contribution is 2.56. The summed E-state index contributed by atoms with van der Waals surface area (Å²) in [5.74, 6) is -1.44. The van der Waals surface area contributed by atoms with Gasteiger partial charge in [0.25, 0.3) is 5.91 Å². The number of piperazine rings is 1. The molecule has 2 aromatic rings. The van der Waals surface area contributed by atoms with Gasteiger partial charge in [-0.3, -0.25) is 9.69 Å². The maximum absolute atomic E-state index is 17.0. The second-order valence-electron chi connectivity index (χ2n) is 12.8. The average molecular weight is 629 g/mol. The summed E-state index contributed by atoms with van der Waals surface area (Å²) >= 11 is 6.51. The number of fused-ring (bicyclic) bond motifs is 3. The first-order valence-corrected chi connectivity index (χ1v) is 15.4. The van der Waals surface area contributed by atoms with E-state index in [4.69, 9.17) is 21.3 Å². The molecule has 0 saturated carbocycles. The van der Waals surface area contributed by atoms with Crippen LogP contribution in [0.2, 0.25) is 5.02 Å². The number of amides is 1. The van der Waals surface area contributed by atoms with Gasteiger partial charge in [-0.15, -0.1) is 0 Å². The molecule has 0 unspecified atom stereocenters. The second kappa shape index (κ2) is 11.5. The lowest BCUT2D eigenvalue weighted by atomic mass is 9.68. The monoisotopic (exact) mass is 628 g/mol. The Morgan fingerprint density at radius 3 is 2.66 bits per heavy atom. The fourth-order valence-corrected chi connectivity index (χ4v) is 8.00. The molecule has 3 heterocycles. The van der Waals surface area contributed by atoms with Crippen LogP contribution < -0.4 is 9.64 Å². The van der Waals surface area contributed by atoms with Crippen LogP contribution in [0.5, 0.6) is 6.01 Å². The van der Waals surface area contributed by atoms with Crippen LogP contribution >= 0.6 is 11.6 Å². The zero-order chi connectivity index (χ0) is 31.4. The number of benzene rings is 1. The van der Waals surface area contributed by atoms with E-state index in [9.17, 15) is 18.8 Å². The number of nitriles is 1. The summed E-state index contributed by atoms with van der Waals surface area (Å²) in [5.41, 5.74) is 0.675. The lowest BCUT2D eigenvalue weighted by molar-refractivity contribution is -0.131. The Bertz CT molecular complexity index is 1530.